The molecule has 1 aliphatic heterocycles. The van der Waals surface area contributed by atoms with Crippen molar-refractivity contribution in [2.24, 2.45) is 0 Å². The van der Waals surface area contributed by atoms with Crippen LogP contribution in [0.25, 0.3) is 22.2 Å². The minimum atomic E-state index is -0.461. The molecule has 1 N–H and O–H groups in total. The van der Waals surface area contributed by atoms with Crippen LogP contribution in [0.4, 0.5) is 14.9 Å². The number of nitrogens with one attached hydrogen (secondary N) is 1. The summed E-state index contributed by atoms with van der Waals surface area (Å²) in [7, 11) is 0. The van der Waals surface area contributed by atoms with Gasteiger partial charge >= 0.3 is 6.03 Å². The number of halogens is 1. The molecule has 156 valence electrons. The summed E-state index contributed by atoms with van der Waals surface area (Å²) in [6.45, 7) is 2.65. The number of fused-ring (bicyclic) bond motifs is 1. The lowest BCUT2D eigenvalue weighted by Gasteiger charge is -2.22. The molecule has 4 aromatic rings. The van der Waals surface area contributed by atoms with Crippen LogP contribution in [-0.4, -0.2) is 22.5 Å². The smallest absolute Gasteiger partial charge is 0.322 e. The lowest BCUT2D eigenvalue weighted by atomic mass is 10.0. The maximum absolute atomic E-state index is 13.9. The first-order chi connectivity index (χ1) is 15.1. The summed E-state index contributed by atoms with van der Waals surface area (Å²) in [5.74, 6) is 0.0512. The molecule has 5 rings (SSSR count). The predicted molar refractivity (Wildman–Crippen MR) is 118 cm³/mol. The summed E-state index contributed by atoms with van der Waals surface area (Å²) in [4.78, 5) is 19.2. The Morgan fingerprint density at radius 1 is 1.13 bits per heavy atom. The van der Waals surface area contributed by atoms with E-state index in [1.54, 1.807) is 23.1 Å². The number of aromatic nitrogens is 1. The summed E-state index contributed by atoms with van der Waals surface area (Å²) in [5, 5.41) is 2.67. The van der Waals surface area contributed by atoms with E-state index in [0.29, 0.717) is 18.0 Å². The highest BCUT2D eigenvalue weighted by Crippen LogP contribution is 2.35. The molecule has 3 aromatic carbocycles. The van der Waals surface area contributed by atoms with Crippen LogP contribution in [0.15, 0.2) is 71.1 Å². The van der Waals surface area contributed by atoms with E-state index in [4.69, 9.17) is 9.40 Å². The van der Waals surface area contributed by atoms with Gasteiger partial charge in [-0.25, -0.2) is 14.2 Å². The summed E-state index contributed by atoms with van der Waals surface area (Å²) in [6.07, 6.45) is 1.59. The van der Waals surface area contributed by atoms with Gasteiger partial charge in [-0.1, -0.05) is 42.5 Å². The van der Waals surface area contributed by atoms with Crippen LogP contribution in [-0.2, 0) is 0 Å². The average Bonchev–Trinajstić information content (AvgIpc) is 3.42. The molecule has 5 nitrogen and oxygen atoms in total. The molecule has 0 unspecified atom stereocenters. The van der Waals surface area contributed by atoms with Crippen LogP contribution < -0.4 is 5.32 Å². The molecule has 2 amide bonds. The standard InChI is InChI=1S/C25H22FN3O2/c1-16-7-2-3-8-18(16)17-12-13-23-21(15-17)27-24(31-23)22-11-6-14-29(22)25(30)28-20-10-5-4-9-19(20)26/h2-5,7-10,12-13,15,22H,6,11,14H2,1H3,(H,28,30)/t22-/m1/s1. The van der Waals surface area contributed by atoms with E-state index in [0.717, 1.165) is 29.5 Å². The maximum atomic E-state index is 13.9. The molecule has 0 bridgehead atoms. The highest BCUT2D eigenvalue weighted by molar-refractivity contribution is 5.90. The van der Waals surface area contributed by atoms with E-state index < -0.39 is 5.82 Å². The Morgan fingerprint density at radius 2 is 1.94 bits per heavy atom. The number of aryl methyl sites for hydroxylation is 1. The zero-order chi connectivity index (χ0) is 21.4. The quantitative estimate of drug-likeness (QED) is 0.426. The van der Waals surface area contributed by atoms with Gasteiger partial charge in [-0.05, 0) is 60.7 Å². The van der Waals surface area contributed by atoms with E-state index in [1.807, 2.05) is 30.3 Å². The summed E-state index contributed by atoms with van der Waals surface area (Å²) < 4.78 is 20.0. The van der Waals surface area contributed by atoms with Gasteiger partial charge in [-0.15, -0.1) is 0 Å². The van der Waals surface area contributed by atoms with Gasteiger partial charge in [0.05, 0.1) is 5.69 Å². The number of para-hydroxylation sites is 1. The average molecular weight is 415 g/mol. The van der Waals surface area contributed by atoms with Gasteiger partial charge in [-0.2, -0.15) is 0 Å². The predicted octanol–water partition coefficient (Wildman–Crippen LogP) is 6.31. The lowest BCUT2D eigenvalue weighted by Crippen LogP contribution is -2.34. The monoisotopic (exact) mass is 415 g/mol. The van der Waals surface area contributed by atoms with Crippen molar-refractivity contribution in [3.05, 3.63) is 84.0 Å². The molecule has 1 saturated heterocycles. The van der Waals surface area contributed by atoms with E-state index >= 15 is 0 Å². The van der Waals surface area contributed by atoms with Crippen molar-refractivity contribution in [2.75, 3.05) is 11.9 Å². The maximum Gasteiger partial charge on any atom is 0.322 e. The van der Waals surface area contributed by atoms with Gasteiger partial charge in [0, 0.05) is 6.54 Å². The Hall–Kier alpha value is -3.67. The molecular formula is C25H22FN3O2. The molecule has 31 heavy (non-hydrogen) atoms. The molecule has 1 aliphatic rings. The number of rotatable bonds is 3. The lowest BCUT2D eigenvalue weighted by molar-refractivity contribution is 0.198. The van der Waals surface area contributed by atoms with Crippen molar-refractivity contribution in [3.63, 3.8) is 0 Å². The minimum Gasteiger partial charge on any atom is -0.438 e. The highest BCUT2D eigenvalue weighted by Gasteiger charge is 2.34. The second-order valence-electron chi connectivity index (χ2n) is 7.81. The van der Waals surface area contributed by atoms with Crippen LogP contribution in [0.5, 0.6) is 0 Å². The van der Waals surface area contributed by atoms with Gasteiger partial charge in [-0.3, -0.25) is 0 Å². The third kappa shape index (κ3) is 3.65. The Kier molecular flexibility index (Phi) is 4.90. The highest BCUT2D eigenvalue weighted by atomic mass is 19.1. The molecular weight excluding hydrogens is 393 g/mol. The number of anilines is 1. The number of benzene rings is 3. The van der Waals surface area contributed by atoms with Crippen molar-refractivity contribution in [1.29, 1.82) is 0 Å². The van der Waals surface area contributed by atoms with E-state index in [1.165, 1.54) is 11.6 Å². The van der Waals surface area contributed by atoms with E-state index in [-0.39, 0.29) is 17.8 Å². The molecule has 0 saturated carbocycles. The summed E-state index contributed by atoms with van der Waals surface area (Å²) >= 11 is 0. The fourth-order valence-corrected chi connectivity index (χ4v) is 4.17. The van der Waals surface area contributed by atoms with Crippen LogP contribution >= 0.6 is 0 Å². The van der Waals surface area contributed by atoms with Crippen molar-refractivity contribution in [2.45, 2.75) is 25.8 Å². The fourth-order valence-electron chi connectivity index (χ4n) is 4.17. The first-order valence-corrected chi connectivity index (χ1v) is 10.4. The number of likely N-dealkylation sites (tertiary alicyclic amines) is 1. The Bertz CT molecular complexity index is 1270. The number of carbonyl (C=O) groups is 1. The van der Waals surface area contributed by atoms with Crippen molar-refractivity contribution >= 4 is 22.8 Å². The molecule has 1 fully saturated rings. The normalized spacial score (nSPS) is 16.1. The van der Waals surface area contributed by atoms with Crippen LogP contribution in [0, 0.1) is 12.7 Å². The number of oxazole rings is 1. The van der Waals surface area contributed by atoms with Crippen LogP contribution in [0.1, 0.15) is 30.3 Å². The Morgan fingerprint density at radius 3 is 2.77 bits per heavy atom. The first-order valence-electron chi connectivity index (χ1n) is 10.4. The molecule has 6 heteroatoms. The topological polar surface area (TPSA) is 58.4 Å². The molecule has 2 heterocycles. The number of nitrogens with zero attached hydrogens (tertiary/aromatic N) is 2. The van der Waals surface area contributed by atoms with Gasteiger partial charge < -0.3 is 14.6 Å². The summed E-state index contributed by atoms with van der Waals surface area (Å²) in [6, 6.07) is 19.7. The number of urea groups is 1. The third-order valence-corrected chi connectivity index (χ3v) is 5.77. The number of amides is 2. The number of hydrogen-bond donors (Lipinski definition) is 1. The fraction of sp³-hybridized carbons (Fsp3) is 0.200. The van der Waals surface area contributed by atoms with Gasteiger partial charge in [0.1, 0.15) is 17.4 Å². The van der Waals surface area contributed by atoms with Crippen molar-refractivity contribution in [1.82, 2.24) is 9.88 Å². The van der Waals surface area contributed by atoms with E-state index in [9.17, 15) is 9.18 Å². The number of hydrogen-bond acceptors (Lipinski definition) is 3. The Labute approximate surface area is 179 Å². The molecule has 1 aromatic heterocycles. The van der Waals surface area contributed by atoms with Crippen LogP contribution in [0.3, 0.4) is 0 Å². The second-order valence-corrected chi connectivity index (χ2v) is 7.81. The van der Waals surface area contributed by atoms with Gasteiger partial charge in [0.25, 0.3) is 0 Å². The summed E-state index contributed by atoms with van der Waals surface area (Å²) in [5.41, 5.74) is 5.04. The van der Waals surface area contributed by atoms with Gasteiger partial charge in [0.2, 0.25) is 5.89 Å². The minimum absolute atomic E-state index is 0.165. The molecule has 0 radical (unpaired) electrons. The molecule has 0 aliphatic carbocycles. The molecule has 1 atom stereocenters. The zero-order valence-electron chi connectivity index (χ0n) is 17.1. The van der Waals surface area contributed by atoms with Gasteiger partial charge in [0.15, 0.2) is 5.58 Å². The third-order valence-electron chi connectivity index (χ3n) is 5.77. The Balaban J connectivity index is 1.42. The zero-order valence-corrected chi connectivity index (χ0v) is 17.1. The SMILES string of the molecule is Cc1ccccc1-c1ccc2oc([C@H]3CCCN3C(=O)Nc3ccccc3F)nc2c1. The van der Waals surface area contributed by atoms with Crippen LogP contribution in [0.2, 0.25) is 0 Å². The number of carbonyl (C=O) groups excluding carboxylic acids is 1. The second kappa shape index (κ2) is 7.87. The van der Waals surface area contributed by atoms with E-state index in [2.05, 4.69) is 24.4 Å². The largest absolute Gasteiger partial charge is 0.438 e. The van der Waals surface area contributed by atoms with Crippen molar-refractivity contribution in [3.8, 4) is 11.1 Å². The molecule has 0 spiro atoms. The first kappa shape index (κ1) is 19.3. The van der Waals surface area contributed by atoms with Crippen molar-refractivity contribution < 1.29 is 13.6 Å².